The second-order valence-electron chi connectivity index (χ2n) is 20.6. The largest absolute Gasteiger partial charge is 0.462 e. The first-order valence-corrected chi connectivity index (χ1v) is 20.7. The van der Waals surface area contributed by atoms with Gasteiger partial charge in [0.2, 0.25) is 0 Å². The summed E-state index contributed by atoms with van der Waals surface area (Å²) in [5, 5.41) is 0. The number of fused-ring (bicyclic) bond motifs is 8. The molecule has 4 aliphatic carbocycles. The number of rotatable bonds is 2. The van der Waals surface area contributed by atoms with Gasteiger partial charge < -0.3 is 28.4 Å². The molecule has 54 heavy (non-hydrogen) atoms. The van der Waals surface area contributed by atoms with Gasteiger partial charge >= 0.3 is 11.9 Å². The SMILES string of the molecule is C=C1C(=O)CC2CC3OC3(C)CCC3OC3(C)C[C@H](OC(C)=O)C1C2(C)C.CC(=O)O[C@H]1CC2(C)OC2CCC2(C)OC2CC2CC(=O)C(C)C1C2(C)C. The van der Waals surface area contributed by atoms with Crippen LogP contribution in [0.5, 0.6) is 0 Å². The Morgan fingerprint density at radius 1 is 0.648 bits per heavy atom. The summed E-state index contributed by atoms with van der Waals surface area (Å²) in [7, 11) is 0. The van der Waals surface area contributed by atoms with Gasteiger partial charge in [0.05, 0.1) is 46.8 Å². The second kappa shape index (κ2) is 13.2. The molecule has 0 aromatic carbocycles. The number of ketones is 2. The average Bonchev–Trinajstić information content (AvgIpc) is 3.99. The molecule has 8 aliphatic rings. The summed E-state index contributed by atoms with van der Waals surface area (Å²) in [6.07, 6.45) is 8.10. The normalized spacial score (nSPS) is 49.8. The first-order chi connectivity index (χ1) is 24.9. The fraction of sp³-hybridized carbons (Fsp3) is 0.864. The fourth-order valence-electron chi connectivity index (χ4n) is 11.9. The molecule has 10 heteroatoms. The molecular formula is C44H66O10. The van der Waals surface area contributed by atoms with E-state index in [4.69, 9.17) is 28.4 Å². The molecule has 0 aromatic rings. The smallest absolute Gasteiger partial charge is 0.302 e. The summed E-state index contributed by atoms with van der Waals surface area (Å²) in [6, 6.07) is 0. The standard InChI is InChI=1S/C22H34O5.C22H32O5/c2*1-12-15(24)9-14-10-18-21(5,27-18)8-7-17-22(6,26-17)11-16(25-13(2)23)19(12)20(14,3)4/h12,14,16-19H,7-11H2,1-6H3;14,16-19H,1,7-11H2,2-6H3/t12?,14?,16-,17?,18?,19?,21?,22?;14?,16-,17?,18?,19?,21?,22?/m00/s1. The summed E-state index contributed by atoms with van der Waals surface area (Å²) in [6.45, 7) is 26.5. The van der Waals surface area contributed by atoms with Gasteiger partial charge in [-0.25, -0.2) is 0 Å². The van der Waals surface area contributed by atoms with E-state index in [1.165, 1.54) is 13.8 Å². The van der Waals surface area contributed by atoms with E-state index in [2.05, 4.69) is 62.0 Å². The van der Waals surface area contributed by atoms with Gasteiger partial charge in [0.25, 0.3) is 0 Å². The van der Waals surface area contributed by atoms with E-state index < -0.39 is 6.10 Å². The van der Waals surface area contributed by atoms with Crippen LogP contribution in [0.15, 0.2) is 12.2 Å². The lowest BCUT2D eigenvalue weighted by molar-refractivity contribution is -0.165. The zero-order valence-corrected chi connectivity index (χ0v) is 34.7. The quantitative estimate of drug-likeness (QED) is 0.161. The highest BCUT2D eigenvalue weighted by atomic mass is 16.6. The Kier molecular flexibility index (Phi) is 9.80. The molecule has 4 saturated heterocycles. The lowest BCUT2D eigenvalue weighted by Gasteiger charge is -2.50. The highest BCUT2D eigenvalue weighted by Gasteiger charge is 2.64. The number of ether oxygens (including phenoxy) is 6. The van der Waals surface area contributed by atoms with Crippen LogP contribution in [0, 0.1) is 40.4 Å². The summed E-state index contributed by atoms with van der Waals surface area (Å²) < 4.78 is 36.0. The maximum Gasteiger partial charge on any atom is 0.302 e. The minimum Gasteiger partial charge on any atom is -0.462 e. The van der Waals surface area contributed by atoms with Crippen LogP contribution in [0.2, 0.25) is 0 Å². The Bertz CT molecular complexity index is 1580. The molecule has 10 nitrogen and oxygen atoms in total. The van der Waals surface area contributed by atoms with Crippen LogP contribution in [-0.2, 0) is 47.6 Å². The zero-order chi connectivity index (χ0) is 39.6. The molecule has 0 aromatic heterocycles. The van der Waals surface area contributed by atoms with E-state index in [-0.39, 0.29) is 111 Å². The van der Waals surface area contributed by atoms with Crippen LogP contribution < -0.4 is 0 Å². The Morgan fingerprint density at radius 2 is 1.09 bits per heavy atom. The summed E-state index contributed by atoms with van der Waals surface area (Å²) in [5.41, 5.74) is -0.472. The van der Waals surface area contributed by atoms with Crippen molar-refractivity contribution >= 4 is 23.5 Å². The third-order valence-corrected chi connectivity index (χ3v) is 16.0. The first kappa shape index (κ1) is 40.1. The molecule has 4 bridgehead atoms. The van der Waals surface area contributed by atoms with Crippen molar-refractivity contribution in [2.24, 2.45) is 40.4 Å². The van der Waals surface area contributed by atoms with Crippen molar-refractivity contribution < 1.29 is 47.6 Å². The van der Waals surface area contributed by atoms with Gasteiger partial charge in [-0.3, -0.25) is 19.2 Å². The van der Waals surface area contributed by atoms with Crippen LogP contribution in [0.25, 0.3) is 0 Å². The van der Waals surface area contributed by atoms with E-state index in [1.54, 1.807) is 0 Å². The number of hydrogen-bond donors (Lipinski definition) is 0. The van der Waals surface area contributed by atoms with Gasteiger partial charge in [0.15, 0.2) is 5.78 Å². The van der Waals surface area contributed by atoms with Crippen molar-refractivity contribution in [3.05, 3.63) is 12.2 Å². The van der Waals surface area contributed by atoms with Crippen LogP contribution in [0.1, 0.15) is 140 Å². The molecule has 8 rings (SSSR count). The maximum atomic E-state index is 12.9. The number of epoxide rings is 4. The number of esters is 2. The topological polar surface area (TPSA) is 137 Å². The minimum absolute atomic E-state index is 0.00115. The molecule has 15 atom stereocenters. The van der Waals surface area contributed by atoms with Crippen molar-refractivity contribution in [1.82, 2.24) is 0 Å². The van der Waals surface area contributed by atoms with Gasteiger partial charge in [-0.05, 0) is 94.5 Å². The number of hydrogen-bond acceptors (Lipinski definition) is 10. The maximum absolute atomic E-state index is 12.9. The molecule has 13 unspecified atom stereocenters. The van der Waals surface area contributed by atoms with Crippen LogP contribution in [0.4, 0.5) is 0 Å². The lowest BCUT2D eigenvalue weighted by Crippen LogP contribution is -2.52. The Balaban J connectivity index is 0.000000167. The van der Waals surface area contributed by atoms with Crippen molar-refractivity contribution in [3.8, 4) is 0 Å². The molecule has 0 spiro atoms. The predicted octanol–water partition coefficient (Wildman–Crippen LogP) is 7.27. The molecule has 4 heterocycles. The molecule has 0 radical (unpaired) electrons. The molecule has 302 valence electrons. The highest BCUT2D eigenvalue weighted by Crippen LogP contribution is 2.59. The van der Waals surface area contributed by atoms with Crippen molar-refractivity contribution in [1.29, 1.82) is 0 Å². The van der Waals surface area contributed by atoms with E-state index in [0.717, 1.165) is 38.5 Å². The third kappa shape index (κ3) is 7.28. The fourth-order valence-corrected chi connectivity index (χ4v) is 11.9. The molecule has 4 saturated carbocycles. The van der Waals surface area contributed by atoms with Gasteiger partial charge in [-0.2, -0.15) is 0 Å². The van der Waals surface area contributed by atoms with E-state index in [0.29, 0.717) is 37.0 Å². The molecule has 4 aliphatic heterocycles. The van der Waals surface area contributed by atoms with Crippen molar-refractivity contribution in [2.75, 3.05) is 0 Å². The number of Topliss-reactive ketones (excluding diaryl/α,β-unsaturated/α-hetero) is 2. The number of carbonyl (C=O) groups excluding carboxylic acids is 4. The summed E-state index contributed by atoms with van der Waals surface area (Å²) >= 11 is 0. The predicted molar refractivity (Wildman–Crippen MR) is 200 cm³/mol. The van der Waals surface area contributed by atoms with Crippen LogP contribution in [-0.4, -0.2) is 82.5 Å². The Hall–Kier alpha value is -2.14. The van der Waals surface area contributed by atoms with Gasteiger partial charge in [0, 0.05) is 57.3 Å². The van der Waals surface area contributed by atoms with Crippen LogP contribution in [0.3, 0.4) is 0 Å². The van der Waals surface area contributed by atoms with Gasteiger partial charge in [-0.1, -0.05) is 41.2 Å². The molecular weight excluding hydrogens is 688 g/mol. The van der Waals surface area contributed by atoms with Crippen molar-refractivity contribution in [3.63, 3.8) is 0 Å². The Labute approximate surface area is 322 Å². The highest BCUT2D eigenvalue weighted by molar-refractivity contribution is 5.96. The first-order valence-electron chi connectivity index (χ1n) is 20.7. The monoisotopic (exact) mass is 754 g/mol. The average molecular weight is 755 g/mol. The van der Waals surface area contributed by atoms with Gasteiger partial charge in [-0.15, -0.1) is 0 Å². The summed E-state index contributed by atoms with van der Waals surface area (Å²) in [5.74, 6) is -0.0764. The van der Waals surface area contributed by atoms with E-state index in [9.17, 15) is 19.2 Å². The van der Waals surface area contributed by atoms with Crippen LogP contribution >= 0.6 is 0 Å². The molecule has 0 N–H and O–H groups in total. The summed E-state index contributed by atoms with van der Waals surface area (Å²) in [4.78, 5) is 49.5. The van der Waals surface area contributed by atoms with Crippen molar-refractivity contribution in [2.45, 2.75) is 199 Å². The van der Waals surface area contributed by atoms with E-state index >= 15 is 0 Å². The van der Waals surface area contributed by atoms with E-state index in [1.807, 2.05) is 6.92 Å². The molecule has 8 fully saturated rings. The zero-order valence-electron chi connectivity index (χ0n) is 34.7. The second-order valence-corrected chi connectivity index (χ2v) is 20.6. The number of carbonyl (C=O) groups is 4. The lowest BCUT2D eigenvalue weighted by atomic mass is 9.54. The van der Waals surface area contributed by atoms with Gasteiger partial charge in [0.1, 0.15) is 18.0 Å². The minimum atomic E-state index is -0.391. The third-order valence-electron chi connectivity index (χ3n) is 16.0. The molecule has 0 amide bonds. The Morgan fingerprint density at radius 3 is 1.59 bits per heavy atom.